The third-order valence-corrected chi connectivity index (χ3v) is 5.26. The van der Waals surface area contributed by atoms with Crippen molar-refractivity contribution in [1.29, 1.82) is 0 Å². The maximum Gasteiger partial charge on any atom is 0.271 e. The van der Waals surface area contributed by atoms with E-state index < -0.39 is 11.6 Å². The molecule has 2 aromatic carbocycles. The van der Waals surface area contributed by atoms with Crippen LogP contribution in [0.15, 0.2) is 72.4 Å². The van der Waals surface area contributed by atoms with Gasteiger partial charge in [0, 0.05) is 35.9 Å². The predicted molar refractivity (Wildman–Crippen MR) is 114 cm³/mol. The highest BCUT2D eigenvalue weighted by atomic mass is 32.1. The summed E-state index contributed by atoms with van der Waals surface area (Å²) in [6.07, 6.45) is 3.35. The maximum atomic E-state index is 13.3. The van der Waals surface area contributed by atoms with Crippen molar-refractivity contribution in [3.05, 3.63) is 101 Å². The average Bonchev–Trinajstić information content (AvgIpc) is 3.27. The van der Waals surface area contributed by atoms with Crippen molar-refractivity contribution in [3.63, 3.8) is 0 Å². The molecule has 0 atom stereocenters. The molecule has 0 saturated heterocycles. The largest absolute Gasteiger partial charge is 0.489 e. The molecule has 5 nitrogen and oxygen atoms in total. The zero-order valence-corrected chi connectivity index (χ0v) is 17.0. The predicted octanol–water partition coefficient (Wildman–Crippen LogP) is 4.99. The number of aromatic nitrogens is 2. The molecule has 156 valence electrons. The van der Waals surface area contributed by atoms with E-state index in [1.54, 1.807) is 29.9 Å². The smallest absolute Gasteiger partial charge is 0.271 e. The van der Waals surface area contributed by atoms with E-state index in [0.717, 1.165) is 17.2 Å². The van der Waals surface area contributed by atoms with Crippen LogP contribution in [0.1, 0.15) is 21.6 Å². The van der Waals surface area contributed by atoms with E-state index in [2.05, 4.69) is 15.3 Å². The molecular formula is C23H17F2N3O2S. The fraction of sp³-hybridized carbons (Fsp3) is 0.0870. The van der Waals surface area contributed by atoms with Crippen molar-refractivity contribution < 1.29 is 18.3 Å². The van der Waals surface area contributed by atoms with Crippen molar-refractivity contribution in [2.45, 2.75) is 13.2 Å². The monoisotopic (exact) mass is 437 g/mol. The minimum Gasteiger partial charge on any atom is -0.489 e. The Kier molecular flexibility index (Phi) is 6.28. The molecule has 0 aliphatic heterocycles. The number of nitrogens with zero attached hydrogens (tertiary/aromatic N) is 2. The first kappa shape index (κ1) is 20.6. The molecule has 0 aliphatic rings. The Morgan fingerprint density at radius 1 is 0.968 bits per heavy atom. The van der Waals surface area contributed by atoms with Gasteiger partial charge < -0.3 is 10.1 Å². The van der Waals surface area contributed by atoms with E-state index in [-0.39, 0.29) is 12.5 Å². The van der Waals surface area contributed by atoms with Crippen molar-refractivity contribution >= 4 is 17.2 Å². The highest BCUT2D eigenvalue weighted by Crippen LogP contribution is 2.26. The first-order chi connectivity index (χ1) is 15.1. The van der Waals surface area contributed by atoms with E-state index in [1.165, 1.54) is 23.5 Å². The topological polar surface area (TPSA) is 64.1 Å². The second-order valence-corrected chi connectivity index (χ2v) is 7.52. The van der Waals surface area contributed by atoms with Crippen molar-refractivity contribution in [3.8, 4) is 16.3 Å². The molecular weight excluding hydrogens is 420 g/mol. The quantitative estimate of drug-likeness (QED) is 0.442. The van der Waals surface area contributed by atoms with Crippen LogP contribution in [0.2, 0.25) is 0 Å². The zero-order valence-electron chi connectivity index (χ0n) is 16.2. The van der Waals surface area contributed by atoms with E-state index in [9.17, 15) is 13.6 Å². The van der Waals surface area contributed by atoms with Crippen LogP contribution < -0.4 is 10.1 Å². The lowest BCUT2D eigenvalue weighted by Crippen LogP contribution is -2.23. The highest BCUT2D eigenvalue weighted by molar-refractivity contribution is 7.13. The Morgan fingerprint density at radius 2 is 1.68 bits per heavy atom. The summed E-state index contributed by atoms with van der Waals surface area (Å²) in [5.41, 5.74) is 2.55. The number of halogens is 2. The van der Waals surface area contributed by atoms with Crippen LogP contribution in [0.25, 0.3) is 10.6 Å². The molecule has 1 N–H and O–H groups in total. The van der Waals surface area contributed by atoms with Crippen LogP contribution in [0, 0.1) is 11.6 Å². The third kappa shape index (κ3) is 5.49. The van der Waals surface area contributed by atoms with Crippen LogP contribution in [0.5, 0.6) is 5.75 Å². The third-order valence-electron chi connectivity index (χ3n) is 4.37. The summed E-state index contributed by atoms with van der Waals surface area (Å²) >= 11 is 1.37. The van der Waals surface area contributed by atoms with Crippen LogP contribution >= 0.6 is 11.3 Å². The van der Waals surface area contributed by atoms with Gasteiger partial charge in [-0.25, -0.2) is 13.8 Å². The normalized spacial score (nSPS) is 10.6. The summed E-state index contributed by atoms with van der Waals surface area (Å²) in [6.45, 7) is 0.447. The number of carbonyl (C=O) groups excluding carboxylic acids is 1. The minimum absolute atomic E-state index is 0.0487. The Hall–Kier alpha value is -3.65. The number of carbonyl (C=O) groups is 1. The maximum absolute atomic E-state index is 13.3. The molecule has 0 unspecified atom stereocenters. The van der Waals surface area contributed by atoms with Gasteiger partial charge in [0.1, 0.15) is 34.7 Å². The molecule has 31 heavy (non-hydrogen) atoms. The summed E-state index contributed by atoms with van der Waals surface area (Å²) in [4.78, 5) is 20.7. The SMILES string of the molecule is O=C(NCc1ccncc1)c1csc(-c2ccc(OCc3cc(F)cc(F)c3)cc2)n1. The lowest BCUT2D eigenvalue weighted by Gasteiger charge is -2.07. The van der Waals surface area contributed by atoms with Gasteiger partial charge in [-0.15, -0.1) is 11.3 Å². The fourth-order valence-corrected chi connectivity index (χ4v) is 3.65. The van der Waals surface area contributed by atoms with Crippen LogP contribution in [-0.4, -0.2) is 15.9 Å². The molecule has 2 heterocycles. The van der Waals surface area contributed by atoms with Crippen molar-refractivity contribution in [2.24, 2.45) is 0 Å². The van der Waals surface area contributed by atoms with Crippen LogP contribution in [0.3, 0.4) is 0 Å². The molecule has 0 aliphatic carbocycles. The minimum atomic E-state index is -0.640. The number of ether oxygens (including phenoxy) is 1. The molecule has 0 fully saturated rings. The van der Waals surface area contributed by atoms with E-state index >= 15 is 0 Å². The number of thiazole rings is 1. The molecule has 8 heteroatoms. The first-order valence-corrected chi connectivity index (χ1v) is 10.3. The van der Waals surface area contributed by atoms with Crippen molar-refractivity contribution in [2.75, 3.05) is 0 Å². The molecule has 1 amide bonds. The lowest BCUT2D eigenvalue weighted by molar-refractivity contribution is 0.0946. The van der Waals surface area contributed by atoms with E-state index in [4.69, 9.17) is 4.74 Å². The number of amides is 1. The zero-order chi connectivity index (χ0) is 21.6. The molecule has 0 bridgehead atoms. The van der Waals surface area contributed by atoms with Gasteiger partial charge in [0.05, 0.1) is 0 Å². The van der Waals surface area contributed by atoms with E-state index in [0.29, 0.717) is 28.6 Å². The Balaban J connectivity index is 1.35. The second kappa shape index (κ2) is 9.44. The molecule has 4 aromatic rings. The van der Waals surface area contributed by atoms with Gasteiger partial charge >= 0.3 is 0 Å². The van der Waals surface area contributed by atoms with Gasteiger partial charge in [-0.2, -0.15) is 0 Å². The van der Waals surface area contributed by atoms with Crippen molar-refractivity contribution in [1.82, 2.24) is 15.3 Å². The van der Waals surface area contributed by atoms with Crippen LogP contribution in [0.4, 0.5) is 8.78 Å². The Labute approximate surface area is 181 Å². The molecule has 0 radical (unpaired) electrons. The van der Waals surface area contributed by atoms with Gasteiger partial charge in [-0.05, 0) is 59.7 Å². The number of pyridine rings is 1. The summed E-state index contributed by atoms with van der Waals surface area (Å²) in [5, 5.41) is 5.24. The van der Waals surface area contributed by atoms with Gasteiger partial charge in [0.15, 0.2) is 0 Å². The standard InChI is InChI=1S/C23H17F2N3O2S/c24-18-9-16(10-19(25)11-18)13-30-20-3-1-17(2-4-20)23-28-21(14-31-23)22(29)27-12-15-5-7-26-8-6-15/h1-11,14H,12-13H2,(H,27,29). The molecule has 4 rings (SSSR count). The first-order valence-electron chi connectivity index (χ1n) is 9.38. The Morgan fingerprint density at radius 3 is 2.39 bits per heavy atom. The summed E-state index contributed by atoms with van der Waals surface area (Å²) in [6, 6.07) is 14.1. The number of rotatable bonds is 7. The summed E-state index contributed by atoms with van der Waals surface area (Å²) in [5.74, 6) is -0.974. The van der Waals surface area contributed by atoms with Gasteiger partial charge in [-0.3, -0.25) is 9.78 Å². The molecule has 2 aromatic heterocycles. The summed E-state index contributed by atoms with van der Waals surface area (Å²) < 4.78 is 32.1. The number of nitrogens with one attached hydrogen (secondary N) is 1. The van der Waals surface area contributed by atoms with Gasteiger partial charge in [0.2, 0.25) is 0 Å². The number of benzene rings is 2. The van der Waals surface area contributed by atoms with E-state index in [1.807, 2.05) is 24.3 Å². The van der Waals surface area contributed by atoms with Crippen LogP contribution in [-0.2, 0) is 13.2 Å². The molecule has 0 spiro atoms. The fourth-order valence-electron chi connectivity index (χ4n) is 2.84. The lowest BCUT2D eigenvalue weighted by atomic mass is 10.2. The van der Waals surface area contributed by atoms with Gasteiger partial charge in [0.25, 0.3) is 5.91 Å². The second-order valence-electron chi connectivity index (χ2n) is 6.67. The highest BCUT2D eigenvalue weighted by Gasteiger charge is 2.12. The average molecular weight is 437 g/mol. The molecule has 0 saturated carbocycles. The number of hydrogen-bond donors (Lipinski definition) is 1. The summed E-state index contributed by atoms with van der Waals surface area (Å²) in [7, 11) is 0. The Bertz CT molecular complexity index is 1160. The number of hydrogen-bond acceptors (Lipinski definition) is 5. The van der Waals surface area contributed by atoms with Gasteiger partial charge in [-0.1, -0.05) is 0 Å².